The summed E-state index contributed by atoms with van der Waals surface area (Å²) >= 11 is 1.58. The maximum atomic E-state index is 12.8. The van der Waals surface area contributed by atoms with Gasteiger partial charge in [0, 0.05) is 35.3 Å². The fourth-order valence-electron chi connectivity index (χ4n) is 4.10. The number of thiazole rings is 1. The van der Waals surface area contributed by atoms with Crippen LogP contribution in [0.2, 0.25) is 0 Å². The van der Waals surface area contributed by atoms with E-state index in [4.69, 9.17) is 4.74 Å². The Labute approximate surface area is 198 Å². The average molecular weight is 464 g/mol. The number of carbonyl (C=O) groups excluding carboxylic acids is 2. The van der Waals surface area contributed by atoms with Gasteiger partial charge in [0.1, 0.15) is 12.4 Å². The predicted molar refractivity (Wildman–Crippen MR) is 131 cm³/mol. The molecule has 2 aromatic carbocycles. The lowest BCUT2D eigenvalue weighted by Gasteiger charge is -2.31. The van der Waals surface area contributed by atoms with Crippen LogP contribution in [0, 0.1) is 6.92 Å². The summed E-state index contributed by atoms with van der Waals surface area (Å²) in [6.07, 6.45) is 5.77. The molecule has 1 aliphatic carbocycles. The van der Waals surface area contributed by atoms with Crippen LogP contribution >= 0.6 is 11.3 Å². The Morgan fingerprint density at radius 2 is 1.85 bits per heavy atom. The number of anilines is 1. The summed E-state index contributed by atoms with van der Waals surface area (Å²) in [5.41, 5.74) is 2.64. The van der Waals surface area contributed by atoms with Gasteiger partial charge in [0.15, 0.2) is 0 Å². The molecular weight excluding hydrogens is 434 g/mol. The minimum absolute atomic E-state index is 0.0277. The van der Waals surface area contributed by atoms with Crippen molar-refractivity contribution in [3.05, 3.63) is 75.7 Å². The number of aromatic nitrogens is 1. The summed E-state index contributed by atoms with van der Waals surface area (Å²) in [6.45, 7) is 2.32. The number of ether oxygens (including phenoxy) is 1. The third kappa shape index (κ3) is 5.99. The first-order valence-corrected chi connectivity index (χ1v) is 12.2. The lowest BCUT2D eigenvalue weighted by Crippen LogP contribution is -2.38. The van der Waals surface area contributed by atoms with Gasteiger partial charge in [-0.1, -0.05) is 25.3 Å². The maximum absolute atomic E-state index is 12.8. The van der Waals surface area contributed by atoms with Gasteiger partial charge in [-0.15, -0.1) is 11.3 Å². The highest BCUT2D eigenvalue weighted by Gasteiger charge is 2.23. The highest BCUT2D eigenvalue weighted by Crippen LogP contribution is 2.23. The number of rotatable bonds is 7. The zero-order valence-electron chi connectivity index (χ0n) is 19.0. The Kier molecular flexibility index (Phi) is 7.40. The Balaban J connectivity index is 1.35. The monoisotopic (exact) mass is 463 g/mol. The second kappa shape index (κ2) is 10.6. The van der Waals surface area contributed by atoms with Crippen molar-refractivity contribution in [1.82, 2.24) is 9.88 Å². The molecule has 1 fully saturated rings. The number of benzene rings is 2. The van der Waals surface area contributed by atoms with Crippen LogP contribution < -0.4 is 10.1 Å². The number of nitrogens with one attached hydrogen (secondary N) is 1. The zero-order valence-corrected chi connectivity index (χ0v) is 19.9. The van der Waals surface area contributed by atoms with E-state index in [0.29, 0.717) is 35.2 Å². The normalized spacial score (nSPS) is 14.0. The molecule has 1 N–H and O–H groups in total. The van der Waals surface area contributed by atoms with Gasteiger partial charge in [-0.25, -0.2) is 4.98 Å². The smallest absolute Gasteiger partial charge is 0.255 e. The van der Waals surface area contributed by atoms with E-state index in [0.717, 1.165) is 23.5 Å². The van der Waals surface area contributed by atoms with Gasteiger partial charge in [-0.05, 0) is 62.2 Å². The first kappa shape index (κ1) is 23.0. The largest absolute Gasteiger partial charge is 0.487 e. The highest BCUT2D eigenvalue weighted by molar-refractivity contribution is 7.09. The molecule has 1 saturated carbocycles. The summed E-state index contributed by atoms with van der Waals surface area (Å²) in [5.74, 6) is 0.406. The van der Waals surface area contributed by atoms with Crippen molar-refractivity contribution in [2.45, 2.75) is 51.7 Å². The Bertz CT molecular complexity index is 1100. The fourth-order valence-corrected chi connectivity index (χ4v) is 4.69. The molecule has 4 rings (SSSR count). The minimum Gasteiger partial charge on any atom is -0.487 e. The van der Waals surface area contributed by atoms with Gasteiger partial charge in [0.2, 0.25) is 0 Å². The molecule has 1 heterocycles. The molecule has 0 atom stereocenters. The molecule has 0 bridgehead atoms. The zero-order chi connectivity index (χ0) is 23.2. The Hall–Kier alpha value is -3.19. The summed E-state index contributed by atoms with van der Waals surface area (Å²) in [5, 5.41) is 5.85. The molecule has 2 amide bonds. The number of nitrogens with zero attached hydrogens (tertiary/aromatic N) is 2. The van der Waals surface area contributed by atoms with E-state index in [1.807, 2.05) is 30.3 Å². The molecule has 0 unspecified atom stereocenters. The molecule has 3 aromatic rings. The van der Waals surface area contributed by atoms with Crippen molar-refractivity contribution in [3.63, 3.8) is 0 Å². The summed E-state index contributed by atoms with van der Waals surface area (Å²) < 4.78 is 5.78. The van der Waals surface area contributed by atoms with Crippen LogP contribution in [-0.4, -0.2) is 34.8 Å². The maximum Gasteiger partial charge on any atom is 0.255 e. The second-order valence-electron chi connectivity index (χ2n) is 8.41. The number of aryl methyl sites for hydroxylation is 1. The molecule has 6 nitrogen and oxygen atoms in total. The van der Waals surface area contributed by atoms with Crippen LogP contribution in [0.25, 0.3) is 0 Å². The van der Waals surface area contributed by atoms with E-state index in [2.05, 4.69) is 10.3 Å². The third-order valence-electron chi connectivity index (χ3n) is 5.98. The SMILES string of the molecule is Cc1nc(COc2cccc(C(=O)Nc3ccc(C(=O)N(C)C4CCCCC4)cc3)c2)cs1. The van der Waals surface area contributed by atoms with Crippen molar-refractivity contribution in [1.29, 1.82) is 0 Å². The van der Waals surface area contributed by atoms with Gasteiger partial charge < -0.3 is 15.0 Å². The van der Waals surface area contributed by atoms with Crippen molar-refractivity contribution in [2.75, 3.05) is 12.4 Å². The van der Waals surface area contributed by atoms with Crippen molar-refractivity contribution < 1.29 is 14.3 Å². The van der Waals surface area contributed by atoms with E-state index >= 15 is 0 Å². The fraction of sp³-hybridized carbons (Fsp3) is 0.346. The Morgan fingerprint density at radius 3 is 2.55 bits per heavy atom. The van der Waals surface area contributed by atoms with Crippen LogP contribution in [0.15, 0.2) is 53.9 Å². The quantitative estimate of drug-likeness (QED) is 0.489. The summed E-state index contributed by atoms with van der Waals surface area (Å²) in [7, 11) is 1.89. The molecule has 33 heavy (non-hydrogen) atoms. The van der Waals surface area contributed by atoms with Gasteiger partial charge in [-0.3, -0.25) is 9.59 Å². The second-order valence-corrected chi connectivity index (χ2v) is 9.48. The van der Waals surface area contributed by atoms with Gasteiger partial charge >= 0.3 is 0 Å². The van der Waals surface area contributed by atoms with Crippen LogP contribution in [0.1, 0.15) is 63.5 Å². The number of hydrogen-bond acceptors (Lipinski definition) is 5. The minimum atomic E-state index is -0.233. The van der Waals surface area contributed by atoms with E-state index in [1.165, 1.54) is 19.3 Å². The first-order chi connectivity index (χ1) is 16.0. The molecule has 0 spiro atoms. The van der Waals surface area contributed by atoms with E-state index in [1.54, 1.807) is 53.8 Å². The van der Waals surface area contributed by atoms with Crippen LogP contribution in [0.3, 0.4) is 0 Å². The molecule has 1 aliphatic rings. The topological polar surface area (TPSA) is 71.5 Å². The summed E-state index contributed by atoms with van der Waals surface area (Å²) in [6, 6.07) is 14.5. The first-order valence-electron chi connectivity index (χ1n) is 11.3. The lowest BCUT2D eigenvalue weighted by molar-refractivity contribution is 0.0696. The molecule has 172 valence electrons. The van der Waals surface area contributed by atoms with Crippen molar-refractivity contribution in [3.8, 4) is 5.75 Å². The highest BCUT2D eigenvalue weighted by atomic mass is 32.1. The average Bonchev–Trinajstić information content (AvgIpc) is 3.28. The molecular formula is C26H29N3O3S. The summed E-state index contributed by atoms with van der Waals surface area (Å²) in [4.78, 5) is 31.8. The van der Waals surface area contributed by atoms with Gasteiger partial charge in [-0.2, -0.15) is 0 Å². The molecule has 0 aliphatic heterocycles. The van der Waals surface area contributed by atoms with E-state index < -0.39 is 0 Å². The van der Waals surface area contributed by atoms with E-state index in [-0.39, 0.29) is 11.8 Å². The van der Waals surface area contributed by atoms with Crippen LogP contribution in [0.5, 0.6) is 5.75 Å². The third-order valence-corrected chi connectivity index (χ3v) is 6.80. The molecule has 0 saturated heterocycles. The van der Waals surface area contributed by atoms with Crippen LogP contribution in [0.4, 0.5) is 5.69 Å². The van der Waals surface area contributed by atoms with E-state index in [9.17, 15) is 9.59 Å². The number of carbonyl (C=O) groups is 2. The molecule has 1 aromatic heterocycles. The number of hydrogen-bond donors (Lipinski definition) is 1. The molecule has 0 radical (unpaired) electrons. The molecule has 7 heteroatoms. The van der Waals surface area contributed by atoms with Gasteiger partial charge in [0.05, 0.1) is 10.7 Å². The predicted octanol–water partition coefficient (Wildman–Crippen LogP) is 5.69. The Morgan fingerprint density at radius 1 is 1.09 bits per heavy atom. The number of amides is 2. The lowest BCUT2D eigenvalue weighted by atomic mass is 9.94. The standard InChI is InChI=1S/C26H29N3O3S/c1-18-27-22(17-33-18)16-32-24-10-6-7-20(15-24)25(30)28-21-13-11-19(12-14-21)26(31)29(2)23-8-4-3-5-9-23/h6-7,10-15,17,23H,3-5,8-9,16H2,1-2H3,(H,28,30). The van der Waals surface area contributed by atoms with Crippen LogP contribution in [-0.2, 0) is 6.61 Å². The van der Waals surface area contributed by atoms with Crippen molar-refractivity contribution >= 4 is 28.8 Å². The van der Waals surface area contributed by atoms with Gasteiger partial charge in [0.25, 0.3) is 11.8 Å². The van der Waals surface area contributed by atoms with Crippen molar-refractivity contribution in [2.24, 2.45) is 0 Å².